The molecular formula is C11H11BrFNO2. The van der Waals surface area contributed by atoms with Gasteiger partial charge in [-0.15, -0.1) is 0 Å². The van der Waals surface area contributed by atoms with Crippen molar-refractivity contribution in [1.82, 2.24) is 0 Å². The summed E-state index contributed by atoms with van der Waals surface area (Å²) in [6.45, 7) is 0.323. The SMILES string of the molecule is O=C1CC(CO)CN1c1c(F)cccc1Br. The van der Waals surface area contributed by atoms with Gasteiger partial charge in [0.1, 0.15) is 5.82 Å². The Morgan fingerprint density at radius 1 is 1.56 bits per heavy atom. The van der Waals surface area contributed by atoms with E-state index < -0.39 is 5.82 Å². The van der Waals surface area contributed by atoms with Gasteiger partial charge in [0.15, 0.2) is 0 Å². The highest BCUT2D eigenvalue weighted by Gasteiger charge is 2.32. The molecule has 16 heavy (non-hydrogen) atoms. The van der Waals surface area contributed by atoms with Gasteiger partial charge in [-0.25, -0.2) is 4.39 Å². The Bertz CT molecular complexity index is 404. The van der Waals surface area contributed by atoms with E-state index in [9.17, 15) is 9.18 Å². The predicted molar refractivity (Wildman–Crippen MR) is 61.6 cm³/mol. The first-order valence-electron chi connectivity index (χ1n) is 4.98. The van der Waals surface area contributed by atoms with Crippen LogP contribution in [0.15, 0.2) is 22.7 Å². The zero-order valence-electron chi connectivity index (χ0n) is 8.49. The molecule has 1 unspecified atom stereocenters. The van der Waals surface area contributed by atoms with Crippen molar-refractivity contribution in [2.75, 3.05) is 18.1 Å². The number of carbonyl (C=O) groups is 1. The average Bonchev–Trinajstić information content (AvgIpc) is 2.60. The van der Waals surface area contributed by atoms with Crippen LogP contribution >= 0.6 is 15.9 Å². The van der Waals surface area contributed by atoms with E-state index in [1.807, 2.05) is 0 Å². The molecule has 1 aromatic carbocycles. The lowest BCUT2D eigenvalue weighted by Gasteiger charge is -2.18. The molecular weight excluding hydrogens is 277 g/mol. The van der Waals surface area contributed by atoms with Crippen LogP contribution < -0.4 is 4.90 Å². The minimum atomic E-state index is -0.429. The lowest BCUT2D eigenvalue weighted by Crippen LogP contribution is -2.26. The third-order valence-corrected chi connectivity index (χ3v) is 3.31. The van der Waals surface area contributed by atoms with Crippen molar-refractivity contribution in [3.8, 4) is 0 Å². The number of rotatable bonds is 2. The Hall–Kier alpha value is -0.940. The number of benzene rings is 1. The maximum atomic E-state index is 13.6. The summed E-state index contributed by atoms with van der Waals surface area (Å²) in [6, 6.07) is 4.59. The van der Waals surface area contributed by atoms with E-state index in [0.717, 1.165) is 0 Å². The number of nitrogens with zero attached hydrogens (tertiary/aromatic N) is 1. The molecule has 2 rings (SSSR count). The van der Waals surface area contributed by atoms with Gasteiger partial charge >= 0.3 is 0 Å². The highest BCUT2D eigenvalue weighted by atomic mass is 79.9. The number of hydrogen-bond donors (Lipinski definition) is 1. The lowest BCUT2D eigenvalue weighted by atomic mass is 10.1. The summed E-state index contributed by atoms with van der Waals surface area (Å²) in [6.07, 6.45) is 0.275. The molecule has 0 aromatic heterocycles. The van der Waals surface area contributed by atoms with Crippen LogP contribution in [0.25, 0.3) is 0 Å². The summed E-state index contributed by atoms with van der Waals surface area (Å²) >= 11 is 3.23. The second kappa shape index (κ2) is 4.51. The molecule has 1 aromatic rings. The summed E-state index contributed by atoms with van der Waals surface area (Å²) in [5.74, 6) is -0.676. The highest BCUT2D eigenvalue weighted by molar-refractivity contribution is 9.10. The molecule has 1 amide bonds. The zero-order valence-corrected chi connectivity index (χ0v) is 10.1. The van der Waals surface area contributed by atoms with Crippen LogP contribution in [0.5, 0.6) is 0 Å². The van der Waals surface area contributed by atoms with Crippen LogP contribution in [0, 0.1) is 11.7 Å². The number of para-hydroxylation sites is 1. The van der Waals surface area contributed by atoms with Crippen molar-refractivity contribution in [1.29, 1.82) is 0 Å². The van der Waals surface area contributed by atoms with E-state index in [2.05, 4.69) is 15.9 Å². The first-order valence-corrected chi connectivity index (χ1v) is 5.78. The van der Waals surface area contributed by atoms with Gasteiger partial charge in [0.25, 0.3) is 0 Å². The standard InChI is InChI=1S/C11H11BrFNO2/c12-8-2-1-3-9(13)11(8)14-5-7(6-15)4-10(14)16/h1-3,7,15H,4-6H2. The Kier molecular flexibility index (Phi) is 3.25. The number of carbonyl (C=O) groups excluding carboxylic acids is 1. The molecule has 3 nitrogen and oxygen atoms in total. The number of amides is 1. The van der Waals surface area contributed by atoms with Crippen molar-refractivity contribution in [3.63, 3.8) is 0 Å². The topological polar surface area (TPSA) is 40.5 Å². The number of aliphatic hydroxyl groups is 1. The van der Waals surface area contributed by atoms with E-state index in [4.69, 9.17) is 5.11 Å². The summed E-state index contributed by atoms with van der Waals surface area (Å²) in [5, 5.41) is 9.00. The predicted octanol–water partition coefficient (Wildman–Crippen LogP) is 1.93. The van der Waals surface area contributed by atoms with Crippen molar-refractivity contribution in [2.45, 2.75) is 6.42 Å². The molecule has 0 spiro atoms. The second-order valence-corrected chi connectivity index (χ2v) is 4.68. The van der Waals surface area contributed by atoms with E-state index >= 15 is 0 Å². The minimum Gasteiger partial charge on any atom is -0.396 e. The molecule has 1 fully saturated rings. The molecule has 1 aliphatic rings. The number of hydrogen-bond acceptors (Lipinski definition) is 2. The van der Waals surface area contributed by atoms with Gasteiger partial charge in [0.2, 0.25) is 5.91 Å². The molecule has 86 valence electrons. The van der Waals surface area contributed by atoms with Gasteiger partial charge in [-0.2, -0.15) is 0 Å². The molecule has 1 saturated heterocycles. The summed E-state index contributed by atoms with van der Waals surface area (Å²) in [5.41, 5.74) is 0.267. The summed E-state index contributed by atoms with van der Waals surface area (Å²) in [7, 11) is 0. The molecule has 1 atom stereocenters. The number of halogens is 2. The van der Waals surface area contributed by atoms with Crippen molar-refractivity contribution in [2.24, 2.45) is 5.92 Å². The van der Waals surface area contributed by atoms with Crippen LogP contribution in [0.2, 0.25) is 0 Å². The fraction of sp³-hybridized carbons (Fsp3) is 0.364. The van der Waals surface area contributed by atoms with Crippen LogP contribution in [0.1, 0.15) is 6.42 Å². The highest BCUT2D eigenvalue weighted by Crippen LogP contribution is 2.33. The molecule has 1 N–H and O–H groups in total. The Morgan fingerprint density at radius 2 is 2.31 bits per heavy atom. The quantitative estimate of drug-likeness (QED) is 0.903. The lowest BCUT2D eigenvalue weighted by molar-refractivity contribution is -0.117. The average molecular weight is 288 g/mol. The van der Waals surface area contributed by atoms with E-state index in [0.29, 0.717) is 11.0 Å². The molecule has 1 heterocycles. The van der Waals surface area contributed by atoms with Gasteiger partial charge in [-0.05, 0) is 28.1 Å². The van der Waals surface area contributed by atoms with Gasteiger partial charge in [-0.1, -0.05) is 6.07 Å². The summed E-state index contributed by atoms with van der Waals surface area (Å²) < 4.78 is 14.2. The Labute approximate surface area is 101 Å². The minimum absolute atomic E-state index is 0.0473. The largest absolute Gasteiger partial charge is 0.396 e. The van der Waals surface area contributed by atoms with Crippen molar-refractivity contribution in [3.05, 3.63) is 28.5 Å². The van der Waals surface area contributed by atoms with Crippen molar-refractivity contribution >= 4 is 27.5 Å². The number of aliphatic hydroxyl groups excluding tert-OH is 1. The van der Waals surface area contributed by atoms with Gasteiger partial charge in [-0.3, -0.25) is 4.79 Å². The summed E-state index contributed by atoms with van der Waals surface area (Å²) in [4.78, 5) is 13.1. The Balaban J connectivity index is 2.35. The van der Waals surface area contributed by atoms with E-state index in [1.54, 1.807) is 12.1 Å². The Morgan fingerprint density at radius 3 is 2.88 bits per heavy atom. The first kappa shape index (κ1) is 11.5. The molecule has 5 heteroatoms. The molecule has 0 aliphatic carbocycles. The van der Waals surface area contributed by atoms with Gasteiger partial charge in [0, 0.05) is 30.0 Å². The van der Waals surface area contributed by atoms with E-state index in [-0.39, 0.29) is 30.5 Å². The smallest absolute Gasteiger partial charge is 0.227 e. The third-order valence-electron chi connectivity index (χ3n) is 2.67. The number of anilines is 1. The third kappa shape index (κ3) is 1.97. The van der Waals surface area contributed by atoms with Crippen LogP contribution in [-0.4, -0.2) is 24.2 Å². The van der Waals surface area contributed by atoms with Gasteiger partial charge < -0.3 is 10.0 Å². The zero-order chi connectivity index (χ0) is 11.7. The maximum absolute atomic E-state index is 13.6. The normalized spacial score (nSPS) is 20.6. The van der Waals surface area contributed by atoms with Crippen LogP contribution in [0.3, 0.4) is 0 Å². The van der Waals surface area contributed by atoms with Crippen molar-refractivity contribution < 1.29 is 14.3 Å². The van der Waals surface area contributed by atoms with E-state index in [1.165, 1.54) is 11.0 Å². The monoisotopic (exact) mass is 287 g/mol. The van der Waals surface area contributed by atoms with Gasteiger partial charge in [0.05, 0.1) is 5.69 Å². The first-order chi connectivity index (χ1) is 7.63. The van der Waals surface area contributed by atoms with Crippen LogP contribution in [0.4, 0.5) is 10.1 Å². The fourth-order valence-electron chi connectivity index (χ4n) is 1.87. The van der Waals surface area contributed by atoms with Crippen LogP contribution in [-0.2, 0) is 4.79 Å². The molecule has 0 radical (unpaired) electrons. The second-order valence-electron chi connectivity index (χ2n) is 3.83. The molecule has 0 bridgehead atoms. The fourth-order valence-corrected chi connectivity index (χ4v) is 2.42. The molecule has 0 saturated carbocycles. The maximum Gasteiger partial charge on any atom is 0.227 e. The molecule has 1 aliphatic heterocycles.